The van der Waals surface area contributed by atoms with Crippen molar-refractivity contribution in [3.8, 4) is 0 Å². The van der Waals surface area contributed by atoms with Gasteiger partial charge in [0.05, 0.1) is 18.0 Å². The molecule has 6 nitrogen and oxygen atoms in total. The van der Waals surface area contributed by atoms with Crippen molar-refractivity contribution in [1.82, 2.24) is 5.32 Å². The number of nitrogens with one attached hydrogen (secondary N) is 1. The van der Waals surface area contributed by atoms with E-state index in [4.69, 9.17) is 4.74 Å². The highest BCUT2D eigenvalue weighted by Crippen LogP contribution is 2.24. The van der Waals surface area contributed by atoms with Gasteiger partial charge in [-0.3, -0.25) is 9.10 Å². The molecule has 1 aliphatic rings. The Balaban J connectivity index is 2.16. The largest absolute Gasteiger partial charge is 0.383 e. The Hall–Kier alpha value is -1.60. The summed E-state index contributed by atoms with van der Waals surface area (Å²) in [4.78, 5) is 12.1. The second-order valence-corrected chi connectivity index (χ2v) is 7.13. The number of carbonyl (C=O) groups is 1. The molecular weight excluding hydrogens is 292 g/mol. The van der Waals surface area contributed by atoms with Crippen molar-refractivity contribution in [3.63, 3.8) is 0 Å². The van der Waals surface area contributed by atoms with Crippen molar-refractivity contribution in [1.29, 1.82) is 0 Å². The minimum atomic E-state index is -3.23. The zero-order valence-corrected chi connectivity index (χ0v) is 13.0. The average Bonchev–Trinajstić information content (AvgIpc) is 2.78. The first-order valence-electron chi connectivity index (χ1n) is 6.84. The van der Waals surface area contributed by atoms with Crippen LogP contribution in [0.2, 0.25) is 0 Å². The molecule has 1 heterocycles. The van der Waals surface area contributed by atoms with Gasteiger partial charge in [-0.25, -0.2) is 8.42 Å². The van der Waals surface area contributed by atoms with E-state index >= 15 is 0 Å². The van der Waals surface area contributed by atoms with Gasteiger partial charge in [0.2, 0.25) is 10.0 Å². The number of nitrogens with zero attached hydrogens (tertiary/aromatic N) is 1. The summed E-state index contributed by atoms with van der Waals surface area (Å²) in [5.74, 6) is -0.0770. The molecule has 0 aliphatic carbocycles. The maximum Gasteiger partial charge on any atom is 0.251 e. The summed E-state index contributed by atoms with van der Waals surface area (Å²) in [6, 6.07) is 6.57. The molecule has 0 aromatic heterocycles. The molecule has 0 bridgehead atoms. The number of anilines is 1. The zero-order valence-electron chi connectivity index (χ0n) is 12.2. The van der Waals surface area contributed by atoms with Gasteiger partial charge in [0, 0.05) is 25.3 Å². The van der Waals surface area contributed by atoms with Crippen molar-refractivity contribution < 1.29 is 17.9 Å². The van der Waals surface area contributed by atoms with E-state index in [9.17, 15) is 13.2 Å². The molecule has 0 radical (unpaired) electrons. The second-order valence-electron chi connectivity index (χ2n) is 5.12. The van der Waals surface area contributed by atoms with Crippen LogP contribution in [0, 0.1) is 0 Å². The summed E-state index contributed by atoms with van der Waals surface area (Å²) in [5, 5.41) is 2.80. The zero-order chi connectivity index (χ0) is 15.5. The van der Waals surface area contributed by atoms with Crippen molar-refractivity contribution in [2.75, 3.05) is 30.3 Å². The van der Waals surface area contributed by atoms with Crippen LogP contribution < -0.4 is 9.62 Å². The van der Waals surface area contributed by atoms with E-state index in [2.05, 4.69) is 5.32 Å². The first-order chi connectivity index (χ1) is 9.94. The number of hydrogen-bond acceptors (Lipinski definition) is 4. The highest BCUT2D eigenvalue weighted by atomic mass is 32.2. The van der Waals surface area contributed by atoms with Crippen LogP contribution in [0.5, 0.6) is 0 Å². The van der Waals surface area contributed by atoms with Crippen LogP contribution in [-0.2, 0) is 14.8 Å². The molecule has 116 valence electrons. The van der Waals surface area contributed by atoms with Gasteiger partial charge < -0.3 is 10.1 Å². The highest BCUT2D eigenvalue weighted by molar-refractivity contribution is 7.93. The molecular formula is C14H20N2O4S. The Morgan fingerprint density at radius 3 is 2.86 bits per heavy atom. The molecule has 1 atom stereocenters. The molecule has 1 N–H and O–H groups in total. The summed E-state index contributed by atoms with van der Waals surface area (Å²) in [6.07, 6.45) is 0.615. The number of hydrogen-bond donors (Lipinski definition) is 1. The fraction of sp³-hybridized carbons (Fsp3) is 0.500. The monoisotopic (exact) mass is 312 g/mol. The SMILES string of the molecule is COCC(C)NC(=O)c1cccc(N2CCCS2(=O)=O)c1. The van der Waals surface area contributed by atoms with Gasteiger partial charge in [-0.2, -0.15) is 0 Å². The second kappa shape index (κ2) is 6.44. The van der Waals surface area contributed by atoms with E-state index in [1.165, 1.54) is 4.31 Å². The summed E-state index contributed by atoms with van der Waals surface area (Å²) in [7, 11) is -1.66. The van der Waals surface area contributed by atoms with Crippen molar-refractivity contribution in [3.05, 3.63) is 29.8 Å². The summed E-state index contributed by atoms with van der Waals surface area (Å²) < 4.78 is 30.2. The van der Waals surface area contributed by atoms with Gasteiger partial charge in [0.1, 0.15) is 0 Å². The fourth-order valence-corrected chi connectivity index (χ4v) is 3.89. The molecule has 1 saturated heterocycles. The van der Waals surface area contributed by atoms with Gasteiger partial charge in [-0.15, -0.1) is 0 Å². The van der Waals surface area contributed by atoms with Crippen LogP contribution in [0.4, 0.5) is 5.69 Å². The number of benzene rings is 1. The first kappa shape index (κ1) is 15.8. The number of ether oxygens (including phenoxy) is 1. The molecule has 1 aromatic rings. The molecule has 21 heavy (non-hydrogen) atoms. The van der Waals surface area contributed by atoms with Gasteiger partial charge in [-0.05, 0) is 31.5 Å². The third-order valence-corrected chi connectivity index (χ3v) is 5.16. The summed E-state index contributed by atoms with van der Waals surface area (Å²) in [6.45, 7) is 2.73. The topological polar surface area (TPSA) is 75.7 Å². The van der Waals surface area contributed by atoms with Gasteiger partial charge in [-0.1, -0.05) is 6.07 Å². The van der Waals surface area contributed by atoms with Crippen LogP contribution in [0.3, 0.4) is 0 Å². The lowest BCUT2D eigenvalue weighted by molar-refractivity contribution is 0.0905. The van der Waals surface area contributed by atoms with Gasteiger partial charge in [0.15, 0.2) is 0 Å². The predicted molar refractivity (Wildman–Crippen MR) is 81.0 cm³/mol. The van der Waals surface area contributed by atoms with E-state index in [-0.39, 0.29) is 17.7 Å². The molecule has 1 amide bonds. The van der Waals surface area contributed by atoms with E-state index in [0.717, 1.165) is 0 Å². The van der Waals surface area contributed by atoms with Crippen LogP contribution >= 0.6 is 0 Å². The minimum Gasteiger partial charge on any atom is -0.383 e. The van der Waals surface area contributed by atoms with E-state index in [1.807, 2.05) is 6.92 Å². The molecule has 7 heteroatoms. The lowest BCUT2D eigenvalue weighted by Crippen LogP contribution is -2.35. The molecule has 1 aliphatic heterocycles. The van der Waals surface area contributed by atoms with Gasteiger partial charge in [0.25, 0.3) is 5.91 Å². The van der Waals surface area contributed by atoms with E-state index < -0.39 is 10.0 Å². The van der Waals surface area contributed by atoms with Gasteiger partial charge >= 0.3 is 0 Å². The van der Waals surface area contributed by atoms with Crippen LogP contribution in [-0.4, -0.2) is 46.4 Å². The molecule has 1 unspecified atom stereocenters. The molecule has 0 saturated carbocycles. The summed E-state index contributed by atoms with van der Waals surface area (Å²) >= 11 is 0. The Bertz CT molecular complexity index is 615. The third kappa shape index (κ3) is 3.74. The van der Waals surface area contributed by atoms with E-state index in [1.54, 1.807) is 31.4 Å². The van der Waals surface area contributed by atoms with Crippen LogP contribution in [0.15, 0.2) is 24.3 Å². The molecule has 0 spiro atoms. The predicted octanol–water partition coefficient (Wildman–Crippen LogP) is 0.991. The maximum absolute atomic E-state index is 12.1. The Kier molecular flexibility index (Phi) is 4.84. The normalized spacial score (nSPS) is 18.5. The van der Waals surface area contributed by atoms with E-state index in [0.29, 0.717) is 30.8 Å². The number of carbonyl (C=O) groups excluding carboxylic acids is 1. The average molecular weight is 312 g/mol. The van der Waals surface area contributed by atoms with Crippen molar-refractivity contribution in [2.24, 2.45) is 0 Å². The number of amides is 1. The number of methoxy groups -OCH3 is 1. The third-order valence-electron chi connectivity index (χ3n) is 3.29. The minimum absolute atomic E-state index is 0.110. The smallest absolute Gasteiger partial charge is 0.251 e. The van der Waals surface area contributed by atoms with Crippen LogP contribution in [0.1, 0.15) is 23.7 Å². The Morgan fingerprint density at radius 2 is 2.24 bits per heavy atom. The lowest BCUT2D eigenvalue weighted by atomic mass is 10.1. The fourth-order valence-electron chi connectivity index (χ4n) is 2.33. The standard InChI is InChI=1S/C14H20N2O4S/c1-11(10-20-2)15-14(17)12-5-3-6-13(9-12)16-7-4-8-21(16,18)19/h3,5-6,9,11H,4,7-8,10H2,1-2H3,(H,15,17). The van der Waals surface area contributed by atoms with Crippen LogP contribution in [0.25, 0.3) is 0 Å². The lowest BCUT2D eigenvalue weighted by Gasteiger charge is -2.18. The summed E-state index contributed by atoms with van der Waals surface area (Å²) in [5.41, 5.74) is 0.983. The molecule has 1 fully saturated rings. The number of rotatable bonds is 5. The Morgan fingerprint density at radius 1 is 1.48 bits per heavy atom. The Labute approximate surface area is 125 Å². The van der Waals surface area contributed by atoms with Crippen molar-refractivity contribution in [2.45, 2.75) is 19.4 Å². The maximum atomic E-state index is 12.1. The molecule has 1 aromatic carbocycles. The van der Waals surface area contributed by atoms with Crippen molar-refractivity contribution >= 4 is 21.6 Å². The number of sulfonamides is 1. The highest BCUT2D eigenvalue weighted by Gasteiger charge is 2.28. The molecule has 2 rings (SSSR count). The quantitative estimate of drug-likeness (QED) is 0.880. The first-order valence-corrected chi connectivity index (χ1v) is 8.45.